The molecule has 3 rings (SSSR count). The van der Waals surface area contributed by atoms with Crippen LogP contribution in [0.25, 0.3) is 0 Å². The molecule has 0 aromatic heterocycles. The summed E-state index contributed by atoms with van der Waals surface area (Å²) < 4.78 is 0. The summed E-state index contributed by atoms with van der Waals surface area (Å²) in [6, 6.07) is 17.0. The Hall–Kier alpha value is -2.92. The second-order valence-electron chi connectivity index (χ2n) is 7.42. The van der Waals surface area contributed by atoms with Gasteiger partial charge < -0.3 is 15.3 Å². The van der Waals surface area contributed by atoms with Gasteiger partial charge in [-0.1, -0.05) is 43.0 Å². The molecule has 1 unspecified atom stereocenters. The number of aliphatic hydroxyl groups excluding tert-OH is 1. The Labute approximate surface area is 165 Å². The molecule has 5 nitrogen and oxygen atoms in total. The second kappa shape index (κ2) is 8.85. The first-order valence-electron chi connectivity index (χ1n) is 9.53. The number of piperidine rings is 1. The van der Waals surface area contributed by atoms with Crippen molar-refractivity contribution in [1.82, 2.24) is 4.90 Å². The zero-order valence-electron chi connectivity index (χ0n) is 15.9. The maximum absolute atomic E-state index is 13.1. The van der Waals surface area contributed by atoms with E-state index in [0.29, 0.717) is 24.3 Å². The van der Waals surface area contributed by atoms with Crippen molar-refractivity contribution >= 4 is 17.5 Å². The smallest absolute Gasteiger partial charge is 0.253 e. The average Bonchev–Trinajstić information content (AvgIpc) is 2.74. The van der Waals surface area contributed by atoms with Gasteiger partial charge in [0.25, 0.3) is 5.91 Å². The summed E-state index contributed by atoms with van der Waals surface area (Å²) in [5.41, 5.74) is 1.92. The van der Waals surface area contributed by atoms with Gasteiger partial charge in [0.15, 0.2) is 0 Å². The predicted octanol–water partition coefficient (Wildman–Crippen LogP) is 3.27. The summed E-state index contributed by atoms with van der Waals surface area (Å²) in [5, 5.41) is 12.8. The number of benzene rings is 2. The van der Waals surface area contributed by atoms with Crippen molar-refractivity contribution in [3.63, 3.8) is 0 Å². The number of carbonyl (C=O) groups is 2. The van der Waals surface area contributed by atoms with Crippen molar-refractivity contribution in [2.45, 2.75) is 19.3 Å². The van der Waals surface area contributed by atoms with Gasteiger partial charge in [-0.05, 0) is 49.1 Å². The highest BCUT2D eigenvalue weighted by Crippen LogP contribution is 2.34. The van der Waals surface area contributed by atoms with Crippen LogP contribution in [0.4, 0.5) is 5.69 Å². The van der Waals surface area contributed by atoms with E-state index < -0.39 is 0 Å². The molecule has 5 heteroatoms. The normalized spacial score (nSPS) is 19.1. The molecule has 146 valence electrons. The number of nitrogens with one attached hydrogen (secondary N) is 1. The number of aliphatic hydroxyl groups is 1. The third-order valence-corrected chi connectivity index (χ3v) is 5.27. The van der Waals surface area contributed by atoms with Gasteiger partial charge in [0.2, 0.25) is 5.91 Å². The molecular weight excluding hydrogens is 352 g/mol. The highest BCUT2D eigenvalue weighted by Gasteiger charge is 2.37. The summed E-state index contributed by atoms with van der Waals surface area (Å²) in [4.78, 5) is 26.4. The van der Waals surface area contributed by atoms with Gasteiger partial charge in [-0.3, -0.25) is 9.59 Å². The van der Waals surface area contributed by atoms with Crippen molar-refractivity contribution in [3.8, 4) is 0 Å². The van der Waals surface area contributed by atoms with E-state index in [1.54, 1.807) is 24.3 Å². The van der Waals surface area contributed by atoms with Crippen LogP contribution in [0.15, 0.2) is 67.3 Å². The maximum Gasteiger partial charge on any atom is 0.253 e. The Morgan fingerprint density at radius 3 is 2.68 bits per heavy atom. The summed E-state index contributed by atoms with van der Waals surface area (Å²) in [5.74, 6) is -0.398. The lowest BCUT2D eigenvalue weighted by Gasteiger charge is -2.42. The number of amides is 2. The van der Waals surface area contributed by atoms with Crippen LogP contribution >= 0.6 is 0 Å². The van der Waals surface area contributed by atoms with Crippen molar-refractivity contribution < 1.29 is 14.7 Å². The van der Waals surface area contributed by atoms with Gasteiger partial charge >= 0.3 is 0 Å². The topological polar surface area (TPSA) is 69.6 Å². The highest BCUT2D eigenvalue weighted by atomic mass is 16.3. The molecule has 1 atom stereocenters. The van der Waals surface area contributed by atoms with E-state index in [2.05, 4.69) is 24.0 Å². The average molecular weight is 378 g/mol. The molecule has 0 radical (unpaired) electrons. The molecule has 2 aromatic rings. The zero-order valence-corrected chi connectivity index (χ0v) is 15.9. The van der Waals surface area contributed by atoms with Crippen molar-refractivity contribution in [2.24, 2.45) is 5.41 Å². The molecule has 0 aliphatic carbocycles. The van der Waals surface area contributed by atoms with Crippen LogP contribution in [0.5, 0.6) is 0 Å². The van der Waals surface area contributed by atoms with Gasteiger partial charge in [0, 0.05) is 29.8 Å². The Morgan fingerprint density at radius 1 is 1.18 bits per heavy atom. The predicted molar refractivity (Wildman–Crippen MR) is 110 cm³/mol. The lowest BCUT2D eigenvalue weighted by atomic mass is 9.75. The minimum absolute atomic E-state index is 0.0428. The summed E-state index contributed by atoms with van der Waals surface area (Å²) in [6.07, 6.45) is 3.67. The van der Waals surface area contributed by atoms with E-state index in [4.69, 9.17) is 0 Å². The molecule has 1 heterocycles. The summed E-state index contributed by atoms with van der Waals surface area (Å²) >= 11 is 0. The Balaban J connectivity index is 1.76. The Bertz CT molecular complexity index is 850. The molecule has 2 amide bonds. The number of nitrogens with zero attached hydrogens (tertiary/aromatic N) is 1. The van der Waals surface area contributed by atoms with Crippen LogP contribution in [0.3, 0.4) is 0 Å². The number of rotatable bonds is 6. The molecule has 1 aliphatic rings. The van der Waals surface area contributed by atoms with E-state index >= 15 is 0 Å². The van der Waals surface area contributed by atoms with Crippen LogP contribution in [0.1, 0.15) is 28.8 Å². The third-order valence-electron chi connectivity index (χ3n) is 5.27. The fourth-order valence-electron chi connectivity index (χ4n) is 3.85. The number of anilines is 1. The van der Waals surface area contributed by atoms with Gasteiger partial charge in [0.1, 0.15) is 0 Å². The lowest BCUT2D eigenvalue weighted by molar-refractivity contribution is -0.111. The molecule has 0 spiro atoms. The number of carbonyl (C=O) groups excluding carboxylic acids is 2. The first-order chi connectivity index (χ1) is 13.5. The van der Waals surface area contributed by atoms with Crippen LogP contribution < -0.4 is 5.32 Å². The van der Waals surface area contributed by atoms with Gasteiger partial charge in [-0.15, -0.1) is 0 Å². The van der Waals surface area contributed by atoms with Crippen LogP contribution in [-0.2, 0) is 11.2 Å². The molecule has 2 aromatic carbocycles. The fourth-order valence-corrected chi connectivity index (χ4v) is 3.85. The molecule has 0 bridgehead atoms. The van der Waals surface area contributed by atoms with E-state index in [1.165, 1.54) is 11.6 Å². The number of likely N-dealkylation sites (tertiary alicyclic amines) is 1. The Morgan fingerprint density at radius 2 is 1.96 bits per heavy atom. The van der Waals surface area contributed by atoms with Crippen LogP contribution in [0, 0.1) is 5.41 Å². The zero-order chi connectivity index (χ0) is 20.0. The van der Waals surface area contributed by atoms with Crippen molar-refractivity contribution in [1.29, 1.82) is 0 Å². The molecule has 1 saturated heterocycles. The number of hydrogen-bond donors (Lipinski definition) is 2. The van der Waals surface area contributed by atoms with E-state index in [0.717, 1.165) is 19.3 Å². The SMILES string of the molecule is C=CC(=O)Nc1cccc(C(=O)N2CCCC(CO)(Cc3ccccc3)C2)c1. The minimum atomic E-state index is -0.329. The molecule has 28 heavy (non-hydrogen) atoms. The van der Waals surface area contributed by atoms with Crippen molar-refractivity contribution in [3.05, 3.63) is 78.4 Å². The fraction of sp³-hybridized carbons (Fsp3) is 0.304. The quantitative estimate of drug-likeness (QED) is 0.758. The van der Waals surface area contributed by atoms with Gasteiger partial charge in [-0.25, -0.2) is 0 Å². The minimum Gasteiger partial charge on any atom is -0.396 e. The van der Waals surface area contributed by atoms with E-state index in [-0.39, 0.29) is 23.8 Å². The molecular formula is C23H26N2O3. The largest absolute Gasteiger partial charge is 0.396 e. The summed E-state index contributed by atoms with van der Waals surface area (Å²) in [7, 11) is 0. The second-order valence-corrected chi connectivity index (χ2v) is 7.42. The lowest BCUT2D eigenvalue weighted by Crippen LogP contribution is -2.49. The highest BCUT2D eigenvalue weighted by molar-refractivity contribution is 6.00. The number of hydrogen-bond acceptors (Lipinski definition) is 3. The van der Waals surface area contributed by atoms with Gasteiger partial charge in [0.05, 0.1) is 6.61 Å². The standard InChI is InChI=1S/C23H26N2O3/c1-2-21(27)24-20-11-6-10-19(14-20)22(28)25-13-7-12-23(16-25,17-26)15-18-8-4-3-5-9-18/h2-6,8-11,14,26H,1,7,12-13,15-17H2,(H,24,27). The first kappa shape index (κ1) is 19.8. The third kappa shape index (κ3) is 4.67. The monoisotopic (exact) mass is 378 g/mol. The van der Waals surface area contributed by atoms with E-state index in [1.807, 2.05) is 23.1 Å². The molecule has 0 saturated carbocycles. The van der Waals surface area contributed by atoms with Gasteiger partial charge in [-0.2, -0.15) is 0 Å². The van der Waals surface area contributed by atoms with Crippen LogP contribution in [-0.4, -0.2) is 41.5 Å². The Kier molecular flexibility index (Phi) is 6.26. The van der Waals surface area contributed by atoms with E-state index in [9.17, 15) is 14.7 Å². The summed E-state index contributed by atoms with van der Waals surface area (Å²) in [6.45, 7) is 4.66. The van der Waals surface area contributed by atoms with Crippen LogP contribution in [0.2, 0.25) is 0 Å². The molecule has 1 aliphatic heterocycles. The van der Waals surface area contributed by atoms with Crippen molar-refractivity contribution in [2.75, 3.05) is 25.0 Å². The molecule has 1 fully saturated rings. The maximum atomic E-state index is 13.1. The molecule has 2 N–H and O–H groups in total. The first-order valence-corrected chi connectivity index (χ1v) is 9.53.